The molecule has 0 saturated heterocycles. The van der Waals surface area contributed by atoms with Gasteiger partial charge in [-0.05, 0) is 0 Å². The molecule has 0 radical (unpaired) electrons. The van der Waals surface area contributed by atoms with Gasteiger partial charge in [-0.25, -0.2) is 0 Å². The van der Waals surface area contributed by atoms with Crippen LogP contribution in [0, 0.1) is 0 Å². The van der Waals surface area contributed by atoms with E-state index in [0.29, 0.717) is 0 Å². The molecule has 0 saturated carbocycles. The second-order valence-electron chi connectivity index (χ2n) is 1.02. The molecule has 7 heavy (non-hydrogen) atoms. The minimum absolute atomic E-state index is 0. The van der Waals surface area contributed by atoms with Gasteiger partial charge < -0.3 is 15.3 Å². The second kappa shape index (κ2) is 6.57. The summed E-state index contributed by atoms with van der Waals surface area (Å²) in [5.74, 6) is 0. The maximum absolute atomic E-state index is 8.17. The fourth-order valence-electron chi connectivity index (χ4n) is 0.0577. The van der Waals surface area contributed by atoms with Gasteiger partial charge in [0.05, 0.1) is 13.2 Å². The van der Waals surface area contributed by atoms with E-state index in [0.717, 1.165) is 0 Å². The van der Waals surface area contributed by atoms with E-state index in [1.807, 2.05) is 0 Å². The number of hydrogen-bond donors (Lipinski definition) is 3. The van der Waals surface area contributed by atoms with Crippen molar-refractivity contribution in [2.24, 2.45) is 0 Å². The minimum atomic E-state index is -0.954. The Morgan fingerprint density at radius 3 is 1.43 bits per heavy atom. The maximum Gasteiger partial charge on any atom is 0.100 e. The first-order chi connectivity index (χ1) is 2.81. The monoisotopic (exact) mass is 287 g/mol. The molecule has 0 unspecified atom stereocenters. The summed E-state index contributed by atoms with van der Waals surface area (Å²) in [5, 5.41) is 24.0. The summed E-state index contributed by atoms with van der Waals surface area (Å²) in [6, 6.07) is 0. The van der Waals surface area contributed by atoms with Gasteiger partial charge in [-0.3, -0.25) is 0 Å². The molecule has 4 heteroatoms. The van der Waals surface area contributed by atoms with Gasteiger partial charge in [0.15, 0.2) is 0 Å². The predicted molar refractivity (Wildman–Crippen MR) is 20.2 cm³/mol. The zero-order valence-corrected chi connectivity index (χ0v) is 5.92. The average molecular weight is 287 g/mol. The Hall–Kier alpha value is 0.568. The molecule has 48 valence electrons. The quantitative estimate of drug-likeness (QED) is 0.569. The van der Waals surface area contributed by atoms with Crippen LogP contribution in [0.1, 0.15) is 0 Å². The van der Waals surface area contributed by atoms with Crippen molar-refractivity contribution in [1.29, 1.82) is 0 Å². The molecule has 0 aliphatic carbocycles. The van der Waals surface area contributed by atoms with Crippen molar-refractivity contribution in [2.75, 3.05) is 13.2 Å². The standard InChI is InChI=1S/C3H8O3.Pt/c4-1-3(6)2-5;/h3-6H,1-2H2;. The first kappa shape index (κ1) is 10.5. The SMILES string of the molecule is OCC(O)CO.[Pt]. The first-order valence-corrected chi connectivity index (χ1v) is 1.71. The van der Waals surface area contributed by atoms with Crippen molar-refractivity contribution in [1.82, 2.24) is 0 Å². The topological polar surface area (TPSA) is 60.7 Å². The third-order valence-electron chi connectivity index (χ3n) is 0.421. The number of hydrogen-bond acceptors (Lipinski definition) is 3. The minimum Gasteiger partial charge on any atom is -0.394 e. The van der Waals surface area contributed by atoms with Gasteiger partial charge in [0, 0.05) is 21.1 Å². The van der Waals surface area contributed by atoms with E-state index in [1.165, 1.54) is 0 Å². The normalized spacial score (nSPS) is 8.57. The molecule has 0 aromatic heterocycles. The van der Waals surface area contributed by atoms with Crippen LogP contribution in [0.25, 0.3) is 0 Å². The van der Waals surface area contributed by atoms with Crippen LogP contribution in [0.3, 0.4) is 0 Å². The van der Waals surface area contributed by atoms with Crippen LogP contribution in [0.15, 0.2) is 0 Å². The predicted octanol–water partition coefficient (Wildman–Crippen LogP) is -1.67. The summed E-state index contributed by atoms with van der Waals surface area (Å²) in [6.07, 6.45) is -0.954. The summed E-state index contributed by atoms with van der Waals surface area (Å²) in [4.78, 5) is 0. The summed E-state index contributed by atoms with van der Waals surface area (Å²) < 4.78 is 0. The Labute approximate surface area is 56.2 Å². The Kier molecular flexibility index (Phi) is 9.88. The molecule has 0 bridgehead atoms. The number of aliphatic hydroxyl groups is 3. The molecule has 0 aliphatic rings. The Morgan fingerprint density at radius 1 is 1.14 bits per heavy atom. The van der Waals surface area contributed by atoms with Crippen molar-refractivity contribution in [2.45, 2.75) is 6.10 Å². The van der Waals surface area contributed by atoms with Gasteiger partial charge in [-0.15, -0.1) is 0 Å². The number of rotatable bonds is 2. The molecule has 3 nitrogen and oxygen atoms in total. The molecule has 0 aromatic carbocycles. The molecule has 0 spiro atoms. The van der Waals surface area contributed by atoms with E-state index in [9.17, 15) is 0 Å². The zero-order chi connectivity index (χ0) is 4.99. The summed E-state index contributed by atoms with van der Waals surface area (Å²) in [5.41, 5.74) is 0. The average Bonchev–Trinajstić information content (AvgIpc) is 1.65. The summed E-state index contributed by atoms with van der Waals surface area (Å²) in [7, 11) is 0. The molecule has 0 aliphatic heterocycles. The number of aliphatic hydroxyl groups excluding tert-OH is 3. The summed E-state index contributed by atoms with van der Waals surface area (Å²) in [6.45, 7) is -0.729. The molecule has 0 heterocycles. The van der Waals surface area contributed by atoms with Gasteiger partial charge in [0.1, 0.15) is 6.10 Å². The molecule has 0 aromatic rings. The van der Waals surface area contributed by atoms with Gasteiger partial charge in [0.2, 0.25) is 0 Å². The van der Waals surface area contributed by atoms with E-state index in [2.05, 4.69) is 0 Å². The fraction of sp³-hybridized carbons (Fsp3) is 1.00. The van der Waals surface area contributed by atoms with Crippen LogP contribution >= 0.6 is 0 Å². The van der Waals surface area contributed by atoms with Crippen molar-refractivity contribution >= 4 is 0 Å². The molecule has 0 atom stereocenters. The van der Waals surface area contributed by atoms with Crippen molar-refractivity contribution < 1.29 is 36.4 Å². The van der Waals surface area contributed by atoms with E-state index in [-0.39, 0.29) is 34.3 Å². The fourth-order valence-corrected chi connectivity index (χ4v) is 0.0577. The van der Waals surface area contributed by atoms with E-state index >= 15 is 0 Å². The van der Waals surface area contributed by atoms with E-state index in [1.54, 1.807) is 0 Å². The largest absolute Gasteiger partial charge is 0.394 e. The van der Waals surface area contributed by atoms with Crippen LogP contribution in [-0.4, -0.2) is 34.6 Å². The second-order valence-corrected chi connectivity index (χ2v) is 1.02. The van der Waals surface area contributed by atoms with Crippen molar-refractivity contribution in [3.8, 4) is 0 Å². The molecule has 0 amide bonds. The Bertz CT molecular complexity index is 29.4. The van der Waals surface area contributed by atoms with E-state index in [4.69, 9.17) is 15.3 Å². The van der Waals surface area contributed by atoms with Crippen LogP contribution in [0.2, 0.25) is 0 Å². The molecular formula is C3H8O3Pt. The van der Waals surface area contributed by atoms with Gasteiger partial charge in [-0.2, -0.15) is 0 Å². The van der Waals surface area contributed by atoms with E-state index < -0.39 is 6.10 Å². The molecular weight excluding hydrogens is 279 g/mol. The van der Waals surface area contributed by atoms with Gasteiger partial charge >= 0.3 is 0 Å². The summed E-state index contributed by atoms with van der Waals surface area (Å²) >= 11 is 0. The van der Waals surface area contributed by atoms with Crippen LogP contribution in [0.4, 0.5) is 0 Å². The van der Waals surface area contributed by atoms with Gasteiger partial charge in [0.25, 0.3) is 0 Å². The van der Waals surface area contributed by atoms with Gasteiger partial charge in [-0.1, -0.05) is 0 Å². The van der Waals surface area contributed by atoms with Crippen LogP contribution in [-0.2, 0) is 21.1 Å². The van der Waals surface area contributed by atoms with Crippen LogP contribution in [0.5, 0.6) is 0 Å². The molecule has 3 N–H and O–H groups in total. The smallest absolute Gasteiger partial charge is 0.100 e. The third kappa shape index (κ3) is 6.57. The van der Waals surface area contributed by atoms with Crippen molar-refractivity contribution in [3.05, 3.63) is 0 Å². The molecule has 0 fully saturated rings. The third-order valence-corrected chi connectivity index (χ3v) is 0.421. The van der Waals surface area contributed by atoms with Crippen molar-refractivity contribution in [3.63, 3.8) is 0 Å². The maximum atomic E-state index is 8.17. The Morgan fingerprint density at radius 2 is 1.43 bits per heavy atom. The molecule has 0 rings (SSSR count). The Balaban J connectivity index is 0. The first-order valence-electron chi connectivity index (χ1n) is 1.71. The zero-order valence-electron chi connectivity index (χ0n) is 3.65. The van der Waals surface area contributed by atoms with Crippen LogP contribution < -0.4 is 0 Å².